The lowest BCUT2D eigenvalue weighted by atomic mass is 9.89. The van der Waals surface area contributed by atoms with Crippen LogP contribution in [0.1, 0.15) is 51.2 Å². The van der Waals surface area contributed by atoms with Crippen molar-refractivity contribution in [2.75, 3.05) is 24.2 Å². The highest BCUT2D eigenvalue weighted by Crippen LogP contribution is 2.30. The standard InChI is InChI=1S/C26H30ClNO5S/c1-26(2,3)24(25(29)30)33-23-13-10-20(27)16-19(23)9-8-18-17-21(34(4,31)32)11-12-22(18)28-14-6-5-7-15-28/h10-13,16-17,24H,5-7,14-15H2,1-4H3,(H,29,30). The highest BCUT2D eigenvalue weighted by atomic mass is 35.5. The van der Waals surface area contributed by atoms with Gasteiger partial charge in [0.25, 0.3) is 0 Å². The van der Waals surface area contributed by atoms with E-state index in [-0.39, 0.29) is 4.90 Å². The van der Waals surface area contributed by atoms with Crippen LogP contribution >= 0.6 is 11.6 Å². The monoisotopic (exact) mass is 503 g/mol. The van der Waals surface area contributed by atoms with Gasteiger partial charge in [-0.15, -0.1) is 0 Å². The topological polar surface area (TPSA) is 83.9 Å². The van der Waals surface area contributed by atoms with E-state index >= 15 is 0 Å². The number of piperidine rings is 1. The molecule has 8 heteroatoms. The Bertz CT molecular complexity index is 1230. The van der Waals surface area contributed by atoms with Crippen molar-refractivity contribution >= 4 is 33.1 Å². The summed E-state index contributed by atoms with van der Waals surface area (Å²) in [6.07, 6.45) is 3.38. The number of ether oxygens (including phenoxy) is 1. The van der Waals surface area contributed by atoms with Gasteiger partial charge < -0.3 is 14.7 Å². The van der Waals surface area contributed by atoms with Gasteiger partial charge in [-0.2, -0.15) is 0 Å². The molecule has 1 aliphatic rings. The summed E-state index contributed by atoms with van der Waals surface area (Å²) in [4.78, 5) is 14.2. The Hall–Kier alpha value is -2.69. The lowest BCUT2D eigenvalue weighted by molar-refractivity contribution is -0.150. The van der Waals surface area contributed by atoms with Crippen LogP contribution in [-0.4, -0.2) is 44.9 Å². The summed E-state index contributed by atoms with van der Waals surface area (Å²) in [7, 11) is -3.41. The Labute approximate surface area is 206 Å². The fourth-order valence-electron chi connectivity index (χ4n) is 3.82. The third-order valence-electron chi connectivity index (χ3n) is 5.62. The van der Waals surface area contributed by atoms with Crippen molar-refractivity contribution in [1.29, 1.82) is 0 Å². The number of aliphatic carboxylic acids is 1. The molecule has 1 atom stereocenters. The minimum atomic E-state index is -3.41. The maximum absolute atomic E-state index is 12.2. The molecule has 0 aliphatic carbocycles. The Kier molecular flexibility index (Phi) is 7.84. The molecule has 3 rings (SSSR count). The van der Waals surface area contributed by atoms with Crippen LogP contribution in [-0.2, 0) is 14.6 Å². The van der Waals surface area contributed by atoms with Gasteiger partial charge in [-0.1, -0.05) is 44.2 Å². The third-order valence-corrected chi connectivity index (χ3v) is 6.97. The van der Waals surface area contributed by atoms with E-state index in [1.807, 2.05) is 0 Å². The summed E-state index contributed by atoms with van der Waals surface area (Å²) in [5, 5.41) is 10.1. The summed E-state index contributed by atoms with van der Waals surface area (Å²) >= 11 is 6.20. The zero-order valence-corrected chi connectivity index (χ0v) is 21.5. The number of hydrogen-bond acceptors (Lipinski definition) is 5. The van der Waals surface area contributed by atoms with Gasteiger partial charge in [0.15, 0.2) is 15.9 Å². The summed E-state index contributed by atoms with van der Waals surface area (Å²) in [6.45, 7) is 7.12. The number of halogens is 1. The van der Waals surface area contributed by atoms with E-state index in [0.717, 1.165) is 31.6 Å². The predicted molar refractivity (Wildman–Crippen MR) is 135 cm³/mol. The number of hydrogen-bond donors (Lipinski definition) is 1. The van der Waals surface area contributed by atoms with Crippen molar-refractivity contribution in [1.82, 2.24) is 0 Å². The first kappa shape index (κ1) is 25.9. The van der Waals surface area contributed by atoms with E-state index in [4.69, 9.17) is 16.3 Å². The first-order chi connectivity index (χ1) is 15.9. The van der Waals surface area contributed by atoms with Crippen molar-refractivity contribution in [2.45, 2.75) is 51.0 Å². The van der Waals surface area contributed by atoms with Gasteiger partial charge in [-0.05, 0) is 55.7 Å². The normalized spacial score (nSPS) is 15.3. The first-order valence-electron chi connectivity index (χ1n) is 11.2. The molecule has 1 N–H and O–H groups in total. The quantitative estimate of drug-likeness (QED) is 0.577. The largest absolute Gasteiger partial charge is 0.478 e. The minimum absolute atomic E-state index is 0.193. The van der Waals surface area contributed by atoms with Gasteiger partial charge in [-0.3, -0.25) is 0 Å². The average Bonchev–Trinajstić information content (AvgIpc) is 2.75. The fraction of sp³-hybridized carbons (Fsp3) is 0.423. The van der Waals surface area contributed by atoms with Crippen LogP contribution in [0.5, 0.6) is 5.75 Å². The molecule has 0 radical (unpaired) electrons. The number of carboxylic acids is 1. The number of carbonyl (C=O) groups is 1. The molecule has 0 bridgehead atoms. The van der Waals surface area contributed by atoms with E-state index in [2.05, 4.69) is 16.7 Å². The summed E-state index contributed by atoms with van der Waals surface area (Å²) < 4.78 is 30.2. The molecule has 1 heterocycles. The second kappa shape index (κ2) is 10.3. The molecule has 0 saturated carbocycles. The van der Waals surface area contributed by atoms with Crippen LogP contribution in [0.4, 0.5) is 5.69 Å². The van der Waals surface area contributed by atoms with E-state index in [1.165, 1.54) is 12.7 Å². The predicted octanol–water partition coefficient (Wildman–Crippen LogP) is 5.01. The third kappa shape index (κ3) is 6.46. The molecule has 0 amide bonds. The molecule has 6 nitrogen and oxygen atoms in total. The maximum Gasteiger partial charge on any atom is 0.345 e. The Balaban J connectivity index is 2.08. The van der Waals surface area contributed by atoms with E-state index in [0.29, 0.717) is 21.9 Å². The van der Waals surface area contributed by atoms with Crippen molar-refractivity contribution in [2.24, 2.45) is 5.41 Å². The number of benzene rings is 2. The van der Waals surface area contributed by atoms with Gasteiger partial charge in [0.1, 0.15) is 5.75 Å². The molecule has 182 valence electrons. The highest BCUT2D eigenvalue weighted by Gasteiger charge is 2.33. The Morgan fingerprint density at radius 3 is 2.29 bits per heavy atom. The molecule has 2 aromatic rings. The second-order valence-corrected chi connectivity index (χ2v) is 12.0. The molecule has 2 aromatic carbocycles. The van der Waals surface area contributed by atoms with Gasteiger partial charge in [0, 0.05) is 35.3 Å². The van der Waals surface area contributed by atoms with Crippen molar-refractivity contribution in [3.05, 3.63) is 52.5 Å². The lowest BCUT2D eigenvalue weighted by Gasteiger charge is -2.30. The lowest BCUT2D eigenvalue weighted by Crippen LogP contribution is -2.39. The smallest absolute Gasteiger partial charge is 0.345 e. The first-order valence-corrected chi connectivity index (χ1v) is 13.4. The molecular formula is C26H30ClNO5S. The van der Waals surface area contributed by atoms with Crippen LogP contribution < -0.4 is 9.64 Å². The van der Waals surface area contributed by atoms with Gasteiger partial charge in [-0.25, -0.2) is 13.2 Å². The average molecular weight is 504 g/mol. The molecular weight excluding hydrogens is 474 g/mol. The number of rotatable bonds is 5. The van der Waals surface area contributed by atoms with Crippen LogP contribution in [0.2, 0.25) is 5.02 Å². The second-order valence-electron chi connectivity index (χ2n) is 9.59. The summed E-state index contributed by atoms with van der Waals surface area (Å²) in [5.74, 6) is 5.39. The number of anilines is 1. The molecule has 1 unspecified atom stereocenters. The van der Waals surface area contributed by atoms with E-state index in [1.54, 1.807) is 57.2 Å². The molecule has 0 spiro atoms. The van der Waals surface area contributed by atoms with Crippen LogP contribution in [0.25, 0.3) is 0 Å². The molecule has 1 aliphatic heterocycles. The molecule has 1 fully saturated rings. The van der Waals surface area contributed by atoms with Crippen LogP contribution in [0.3, 0.4) is 0 Å². The Morgan fingerprint density at radius 1 is 1.06 bits per heavy atom. The summed E-state index contributed by atoms with van der Waals surface area (Å²) in [6, 6.07) is 9.85. The van der Waals surface area contributed by atoms with Crippen molar-refractivity contribution in [3.63, 3.8) is 0 Å². The number of carboxylic acid groups (broad SMARTS) is 1. The van der Waals surface area contributed by atoms with Crippen molar-refractivity contribution in [3.8, 4) is 17.6 Å². The SMILES string of the molecule is CC(C)(C)C(Oc1ccc(Cl)cc1C#Cc1cc(S(C)(=O)=O)ccc1N1CCCCC1)C(=O)O. The Morgan fingerprint density at radius 2 is 1.71 bits per heavy atom. The van der Waals surface area contributed by atoms with Gasteiger partial charge >= 0.3 is 5.97 Å². The fourth-order valence-corrected chi connectivity index (χ4v) is 4.64. The summed E-state index contributed by atoms with van der Waals surface area (Å²) in [5.41, 5.74) is 1.24. The van der Waals surface area contributed by atoms with Gasteiger partial charge in [0.2, 0.25) is 0 Å². The number of nitrogens with zero attached hydrogens (tertiary/aromatic N) is 1. The highest BCUT2D eigenvalue weighted by molar-refractivity contribution is 7.90. The minimum Gasteiger partial charge on any atom is -0.478 e. The zero-order chi connectivity index (χ0) is 25.1. The zero-order valence-electron chi connectivity index (χ0n) is 19.9. The maximum atomic E-state index is 12.2. The van der Waals surface area contributed by atoms with E-state index in [9.17, 15) is 18.3 Å². The molecule has 1 saturated heterocycles. The molecule has 0 aromatic heterocycles. The van der Waals surface area contributed by atoms with Gasteiger partial charge in [0.05, 0.1) is 16.1 Å². The van der Waals surface area contributed by atoms with Crippen LogP contribution in [0.15, 0.2) is 41.3 Å². The van der Waals surface area contributed by atoms with Crippen molar-refractivity contribution < 1.29 is 23.1 Å². The van der Waals surface area contributed by atoms with Crippen LogP contribution in [0, 0.1) is 17.3 Å². The van der Waals surface area contributed by atoms with E-state index < -0.39 is 27.3 Å². The number of sulfone groups is 1. The molecule has 34 heavy (non-hydrogen) atoms.